The van der Waals surface area contributed by atoms with Crippen molar-refractivity contribution in [3.63, 3.8) is 0 Å². The molecule has 3 rings (SSSR count). The van der Waals surface area contributed by atoms with Crippen LogP contribution in [0, 0.1) is 6.92 Å². The number of hydrogen-bond acceptors (Lipinski definition) is 6. The standard InChI is InChI=1S/C18H21F3N4O3/c1-12-23-17(28-24-12)14-6-8-25(9-7-14)11-16(26)22-10-13-2-4-15(5-3-13)27-18(19,20)21/h2-5,14H,6-11H2,1H3,(H,22,26). The van der Waals surface area contributed by atoms with Crippen molar-refractivity contribution in [2.75, 3.05) is 19.6 Å². The molecule has 1 N–H and O–H groups in total. The number of rotatable bonds is 6. The summed E-state index contributed by atoms with van der Waals surface area (Å²) in [5.74, 6) is 1.07. The topological polar surface area (TPSA) is 80.5 Å². The summed E-state index contributed by atoms with van der Waals surface area (Å²) in [6, 6.07) is 5.41. The van der Waals surface area contributed by atoms with Crippen molar-refractivity contribution in [3.8, 4) is 5.75 Å². The van der Waals surface area contributed by atoms with E-state index in [4.69, 9.17) is 4.52 Å². The number of halogens is 3. The van der Waals surface area contributed by atoms with E-state index in [-0.39, 0.29) is 30.7 Å². The summed E-state index contributed by atoms with van der Waals surface area (Å²) in [6.07, 6.45) is -3.03. The Morgan fingerprint density at radius 2 is 1.96 bits per heavy atom. The van der Waals surface area contributed by atoms with Gasteiger partial charge in [0.15, 0.2) is 5.82 Å². The van der Waals surface area contributed by atoms with Gasteiger partial charge in [0.25, 0.3) is 0 Å². The van der Waals surface area contributed by atoms with Crippen molar-refractivity contribution in [1.29, 1.82) is 0 Å². The molecular formula is C18H21F3N4O3. The van der Waals surface area contributed by atoms with E-state index < -0.39 is 6.36 Å². The third-order valence-electron chi connectivity index (χ3n) is 4.49. The summed E-state index contributed by atoms with van der Waals surface area (Å²) in [5, 5.41) is 6.58. The lowest BCUT2D eigenvalue weighted by molar-refractivity contribution is -0.274. The quantitative estimate of drug-likeness (QED) is 0.806. The van der Waals surface area contributed by atoms with Gasteiger partial charge >= 0.3 is 6.36 Å². The average Bonchev–Trinajstić information content (AvgIpc) is 3.07. The Labute approximate surface area is 159 Å². The number of amides is 1. The molecule has 1 aromatic heterocycles. The molecule has 28 heavy (non-hydrogen) atoms. The minimum absolute atomic E-state index is 0.136. The lowest BCUT2D eigenvalue weighted by Crippen LogP contribution is -2.41. The van der Waals surface area contributed by atoms with E-state index in [0.29, 0.717) is 17.3 Å². The van der Waals surface area contributed by atoms with Gasteiger partial charge in [-0.2, -0.15) is 4.98 Å². The zero-order valence-corrected chi connectivity index (χ0v) is 15.3. The molecule has 0 bridgehead atoms. The second-order valence-electron chi connectivity index (χ2n) is 6.70. The third-order valence-corrected chi connectivity index (χ3v) is 4.49. The van der Waals surface area contributed by atoms with E-state index in [1.54, 1.807) is 6.92 Å². The number of aromatic nitrogens is 2. The number of nitrogens with zero attached hydrogens (tertiary/aromatic N) is 3. The van der Waals surface area contributed by atoms with E-state index in [2.05, 4.69) is 25.1 Å². The van der Waals surface area contributed by atoms with Gasteiger partial charge in [-0.3, -0.25) is 9.69 Å². The van der Waals surface area contributed by atoms with Crippen LogP contribution in [0.25, 0.3) is 0 Å². The molecule has 0 radical (unpaired) electrons. The van der Waals surface area contributed by atoms with Crippen LogP contribution in [0.1, 0.15) is 36.0 Å². The Morgan fingerprint density at radius 1 is 1.29 bits per heavy atom. The Hall–Kier alpha value is -2.62. The molecule has 1 aliphatic rings. The molecular weight excluding hydrogens is 377 g/mol. The molecule has 10 heteroatoms. The highest BCUT2D eigenvalue weighted by Crippen LogP contribution is 2.26. The van der Waals surface area contributed by atoms with E-state index in [1.807, 2.05) is 0 Å². The van der Waals surface area contributed by atoms with Crippen LogP contribution in [0.3, 0.4) is 0 Å². The van der Waals surface area contributed by atoms with Gasteiger partial charge in [0, 0.05) is 12.5 Å². The van der Waals surface area contributed by atoms with Gasteiger partial charge in [-0.25, -0.2) is 0 Å². The summed E-state index contributed by atoms with van der Waals surface area (Å²) in [4.78, 5) is 18.4. The zero-order chi connectivity index (χ0) is 20.1. The number of nitrogens with one attached hydrogen (secondary N) is 1. The Balaban J connectivity index is 1.39. The predicted octanol–water partition coefficient (Wildman–Crippen LogP) is 2.77. The second kappa shape index (κ2) is 8.59. The molecule has 152 valence electrons. The Kier molecular flexibility index (Phi) is 6.18. The summed E-state index contributed by atoms with van der Waals surface area (Å²) < 4.78 is 45.5. The number of benzene rings is 1. The number of aryl methyl sites for hydroxylation is 1. The maximum Gasteiger partial charge on any atom is 0.573 e. The van der Waals surface area contributed by atoms with Gasteiger partial charge < -0.3 is 14.6 Å². The van der Waals surface area contributed by atoms with Crippen LogP contribution in [0.15, 0.2) is 28.8 Å². The maximum absolute atomic E-state index is 12.1. The molecule has 0 unspecified atom stereocenters. The molecule has 1 aromatic carbocycles. The van der Waals surface area contributed by atoms with E-state index in [1.165, 1.54) is 24.3 Å². The third kappa shape index (κ3) is 5.95. The number of ether oxygens (including phenoxy) is 1. The van der Waals surface area contributed by atoms with Crippen molar-refractivity contribution in [1.82, 2.24) is 20.4 Å². The summed E-state index contributed by atoms with van der Waals surface area (Å²) in [6.45, 7) is 3.79. The molecule has 1 fully saturated rings. The van der Waals surface area contributed by atoms with Crippen molar-refractivity contribution < 1.29 is 27.2 Å². The number of alkyl halides is 3. The van der Waals surface area contributed by atoms with Gasteiger partial charge in [-0.1, -0.05) is 17.3 Å². The fourth-order valence-corrected chi connectivity index (χ4v) is 3.09. The van der Waals surface area contributed by atoms with Crippen molar-refractivity contribution >= 4 is 5.91 Å². The van der Waals surface area contributed by atoms with Crippen molar-refractivity contribution in [3.05, 3.63) is 41.5 Å². The first kappa shape index (κ1) is 20.1. The molecule has 1 amide bonds. The number of carbonyl (C=O) groups is 1. The van der Waals surface area contributed by atoms with Crippen molar-refractivity contribution in [2.24, 2.45) is 0 Å². The van der Waals surface area contributed by atoms with Gasteiger partial charge in [0.1, 0.15) is 5.75 Å². The van der Waals surface area contributed by atoms with Crippen LogP contribution < -0.4 is 10.1 Å². The maximum atomic E-state index is 12.1. The van der Waals surface area contributed by atoms with Crippen LogP contribution in [0.5, 0.6) is 5.75 Å². The molecule has 2 heterocycles. The lowest BCUT2D eigenvalue weighted by Gasteiger charge is -2.29. The van der Waals surface area contributed by atoms with Crippen LogP contribution in [0.2, 0.25) is 0 Å². The average molecular weight is 398 g/mol. The van der Waals surface area contributed by atoms with E-state index in [0.717, 1.165) is 25.9 Å². The molecule has 0 atom stereocenters. The summed E-state index contributed by atoms with van der Waals surface area (Å²) in [5.41, 5.74) is 0.688. The number of carbonyl (C=O) groups excluding carboxylic acids is 1. The molecule has 7 nitrogen and oxygen atoms in total. The highest BCUT2D eigenvalue weighted by Gasteiger charge is 2.31. The highest BCUT2D eigenvalue weighted by atomic mass is 19.4. The summed E-state index contributed by atoms with van der Waals surface area (Å²) in [7, 11) is 0. The first-order chi connectivity index (χ1) is 13.3. The van der Waals surface area contributed by atoms with E-state index in [9.17, 15) is 18.0 Å². The fraction of sp³-hybridized carbons (Fsp3) is 0.500. The van der Waals surface area contributed by atoms with Crippen LogP contribution >= 0.6 is 0 Å². The number of piperidine rings is 1. The first-order valence-electron chi connectivity index (χ1n) is 8.92. The number of likely N-dealkylation sites (tertiary alicyclic amines) is 1. The van der Waals surface area contributed by atoms with Gasteiger partial charge in [0.2, 0.25) is 11.8 Å². The molecule has 2 aromatic rings. The normalized spacial score (nSPS) is 16.1. The molecule has 0 saturated carbocycles. The molecule has 1 saturated heterocycles. The SMILES string of the molecule is Cc1noc(C2CCN(CC(=O)NCc3ccc(OC(F)(F)F)cc3)CC2)n1. The Morgan fingerprint density at radius 3 is 2.54 bits per heavy atom. The van der Waals surface area contributed by atoms with Gasteiger partial charge in [-0.05, 0) is 50.6 Å². The zero-order valence-electron chi connectivity index (χ0n) is 15.3. The molecule has 1 aliphatic heterocycles. The smallest absolute Gasteiger partial charge is 0.406 e. The minimum Gasteiger partial charge on any atom is -0.406 e. The van der Waals surface area contributed by atoms with Crippen LogP contribution in [-0.2, 0) is 11.3 Å². The van der Waals surface area contributed by atoms with Gasteiger partial charge in [-0.15, -0.1) is 13.2 Å². The largest absolute Gasteiger partial charge is 0.573 e. The van der Waals surface area contributed by atoms with Crippen LogP contribution in [0.4, 0.5) is 13.2 Å². The summed E-state index contributed by atoms with van der Waals surface area (Å²) >= 11 is 0. The van der Waals surface area contributed by atoms with Gasteiger partial charge in [0.05, 0.1) is 6.54 Å². The lowest BCUT2D eigenvalue weighted by atomic mass is 9.97. The first-order valence-corrected chi connectivity index (χ1v) is 8.92. The minimum atomic E-state index is -4.72. The second-order valence-corrected chi connectivity index (χ2v) is 6.70. The van der Waals surface area contributed by atoms with Crippen LogP contribution in [-0.4, -0.2) is 46.9 Å². The monoisotopic (exact) mass is 398 g/mol. The van der Waals surface area contributed by atoms with E-state index >= 15 is 0 Å². The highest BCUT2D eigenvalue weighted by molar-refractivity contribution is 5.78. The Bertz CT molecular complexity index is 784. The van der Waals surface area contributed by atoms with Crippen molar-refractivity contribution in [2.45, 2.75) is 38.6 Å². The molecule has 0 aliphatic carbocycles. The number of hydrogen-bond donors (Lipinski definition) is 1. The molecule has 0 spiro atoms. The fourth-order valence-electron chi connectivity index (χ4n) is 3.09. The predicted molar refractivity (Wildman–Crippen MR) is 92.4 cm³/mol.